The number of nitrogens with zero attached hydrogens (tertiary/aromatic N) is 1. The largest absolute Gasteiger partial charge is 0.383 e. The third kappa shape index (κ3) is 4.09. The molecule has 0 radical (unpaired) electrons. The van der Waals surface area contributed by atoms with E-state index in [1.165, 1.54) is 0 Å². The van der Waals surface area contributed by atoms with Crippen LogP contribution in [0.5, 0.6) is 0 Å². The van der Waals surface area contributed by atoms with Gasteiger partial charge in [0, 0.05) is 44.8 Å². The van der Waals surface area contributed by atoms with E-state index in [4.69, 9.17) is 17.3 Å². The van der Waals surface area contributed by atoms with Crippen LogP contribution >= 0.6 is 11.6 Å². The predicted molar refractivity (Wildman–Crippen MR) is 77.8 cm³/mol. The summed E-state index contributed by atoms with van der Waals surface area (Å²) < 4.78 is 0. The van der Waals surface area contributed by atoms with E-state index < -0.39 is 5.91 Å². The molecule has 0 spiro atoms. The molecule has 5 nitrogen and oxygen atoms in total. The standard InChI is InChI=1S/C13H19ClN4O/c14-11-9-10(13(15)19)1-2-12(11)17-5-8-18-6-3-16-4-7-18/h1-2,9,16-17H,3-8H2,(H2,15,19). The summed E-state index contributed by atoms with van der Waals surface area (Å²) in [5, 5.41) is 7.13. The first kappa shape index (κ1) is 14.1. The SMILES string of the molecule is NC(=O)c1ccc(NCCN2CCNCC2)c(Cl)c1. The fraction of sp³-hybridized carbons (Fsp3) is 0.462. The number of hydrogen-bond donors (Lipinski definition) is 3. The Hall–Kier alpha value is -1.30. The van der Waals surface area contributed by atoms with Gasteiger partial charge in [-0.05, 0) is 18.2 Å². The van der Waals surface area contributed by atoms with E-state index >= 15 is 0 Å². The second-order valence-electron chi connectivity index (χ2n) is 4.58. The van der Waals surface area contributed by atoms with Crippen LogP contribution in [0.15, 0.2) is 18.2 Å². The zero-order valence-corrected chi connectivity index (χ0v) is 11.5. The molecule has 2 rings (SSSR count). The zero-order chi connectivity index (χ0) is 13.7. The Kier molecular flexibility index (Phi) is 5.01. The van der Waals surface area contributed by atoms with E-state index in [-0.39, 0.29) is 0 Å². The third-order valence-corrected chi connectivity index (χ3v) is 3.52. The van der Waals surface area contributed by atoms with Gasteiger partial charge >= 0.3 is 0 Å². The molecule has 104 valence electrons. The van der Waals surface area contributed by atoms with Crippen LogP contribution < -0.4 is 16.4 Å². The summed E-state index contributed by atoms with van der Waals surface area (Å²) in [4.78, 5) is 13.4. The van der Waals surface area contributed by atoms with Gasteiger partial charge < -0.3 is 16.4 Å². The van der Waals surface area contributed by atoms with Gasteiger partial charge in [-0.3, -0.25) is 9.69 Å². The smallest absolute Gasteiger partial charge is 0.248 e. The molecule has 0 aliphatic carbocycles. The second kappa shape index (κ2) is 6.75. The van der Waals surface area contributed by atoms with E-state index in [0.29, 0.717) is 10.6 Å². The van der Waals surface area contributed by atoms with Crippen molar-refractivity contribution in [1.82, 2.24) is 10.2 Å². The number of anilines is 1. The maximum absolute atomic E-state index is 11.0. The Morgan fingerprint density at radius 3 is 2.79 bits per heavy atom. The quantitative estimate of drug-likeness (QED) is 0.746. The highest BCUT2D eigenvalue weighted by Crippen LogP contribution is 2.22. The van der Waals surface area contributed by atoms with Crippen molar-refractivity contribution < 1.29 is 4.79 Å². The van der Waals surface area contributed by atoms with Gasteiger partial charge in [-0.15, -0.1) is 0 Å². The Bertz CT molecular complexity index is 446. The summed E-state index contributed by atoms with van der Waals surface area (Å²) >= 11 is 6.10. The van der Waals surface area contributed by atoms with Crippen LogP contribution in [0, 0.1) is 0 Å². The van der Waals surface area contributed by atoms with Gasteiger partial charge in [0.25, 0.3) is 0 Å². The van der Waals surface area contributed by atoms with Gasteiger partial charge in [0.05, 0.1) is 10.7 Å². The van der Waals surface area contributed by atoms with Crippen LogP contribution in [-0.2, 0) is 0 Å². The van der Waals surface area contributed by atoms with Crippen LogP contribution in [0.3, 0.4) is 0 Å². The highest BCUT2D eigenvalue weighted by atomic mass is 35.5. The number of halogens is 1. The minimum atomic E-state index is -0.464. The number of rotatable bonds is 5. The molecule has 4 N–H and O–H groups in total. The van der Waals surface area contributed by atoms with E-state index in [9.17, 15) is 4.79 Å². The molecule has 6 heteroatoms. The van der Waals surface area contributed by atoms with Gasteiger partial charge in [-0.1, -0.05) is 11.6 Å². The number of carbonyl (C=O) groups excluding carboxylic acids is 1. The molecule has 1 aliphatic rings. The first-order valence-corrected chi connectivity index (χ1v) is 6.81. The van der Waals surface area contributed by atoms with Gasteiger partial charge in [0.15, 0.2) is 0 Å². The fourth-order valence-electron chi connectivity index (χ4n) is 2.10. The average Bonchev–Trinajstić information content (AvgIpc) is 2.41. The topological polar surface area (TPSA) is 70.4 Å². The number of amides is 1. The Labute approximate surface area is 118 Å². The van der Waals surface area contributed by atoms with Crippen molar-refractivity contribution in [3.05, 3.63) is 28.8 Å². The van der Waals surface area contributed by atoms with Gasteiger partial charge in [-0.2, -0.15) is 0 Å². The highest BCUT2D eigenvalue weighted by Gasteiger charge is 2.09. The number of hydrogen-bond acceptors (Lipinski definition) is 4. The number of carbonyl (C=O) groups is 1. The van der Waals surface area contributed by atoms with Crippen LogP contribution in [0.4, 0.5) is 5.69 Å². The number of primary amides is 1. The summed E-state index contributed by atoms with van der Waals surface area (Å²) in [5.41, 5.74) is 6.46. The predicted octanol–water partition coefficient (Wildman–Crippen LogP) is 0.756. The number of piperazine rings is 1. The van der Waals surface area contributed by atoms with Crippen molar-refractivity contribution in [3.63, 3.8) is 0 Å². The van der Waals surface area contributed by atoms with Crippen molar-refractivity contribution in [3.8, 4) is 0 Å². The Morgan fingerprint density at radius 1 is 1.42 bits per heavy atom. The van der Waals surface area contributed by atoms with Crippen LogP contribution in [0.1, 0.15) is 10.4 Å². The molecule has 19 heavy (non-hydrogen) atoms. The maximum atomic E-state index is 11.0. The fourth-order valence-corrected chi connectivity index (χ4v) is 2.34. The minimum Gasteiger partial charge on any atom is -0.383 e. The third-order valence-electron chi connectivity index (χ3n) is 3.21. The Morgan fingerprint density at radius 2 is 2.16 bits per heavy atom. The molecule has 0 saturated carbocycles. The summed E-state index contributed by atoms with van der Waals surface area (Å²) in [6, 6.07) is 5.07. The van der Waals surface area contributed by atoms with Gasteiger partial charge in [-0.25, -0.2) is 0 Å². The van der Waals surface area contributed by atoms with Gasteiger partial charge in [0.2, 0.25) is 5.91 Å². The van der Waals surface area contributed by atoms with E-state index in [1.54, 1.807) is 18.2 Å². The van der Waals surface area contributed by atoms with Crippen LogP contribution in [-0.4, -0.2) is 50.1 Å². The molecule has 1 fully saturated rings. The molecule has 1 saturated heterocycles. The van der Waals surface area contributed by atoms with Crippen LogP contribution in [0.25, 0.3) is 0 Å². The second-order valence-corrected chi connectivity index (χ2v) is 4.98. The molecule has 1 aromatic rings. The minimum absolute atomic E-state index is 0.428. The molecule has 0 atom stereocenters. The lowest BCUT2D eigenvalue weighted by molar-refractivity contribution is 0.100. The molecule has 1 amide bonds. The lowest BCUT2D eigenvalue weighted by Gasteiger charge is -2.27. The number of nitrogens with one attached hydrogen (secondary N) is 2. The molecular weight excluding hydrogens is 264 g/mol. The van der Waals surface area contributed by atoms with Gasteiger partial charge in [0.1, 0.15) is 0 Å². The molecule has 1 aromatic carbocycles. The maximum Gasteiger partial charge on any atom is 0.248 e. The number of benzene rings is 1. The van der Waals surface area contributed by atoms with Crippen molar-refractivity contribution >= 4 is 23.2 Å². The molecule has 0 unspecified atom stereocenters. The molecule has 1 aliphatic heterocycles. The van der Waals surface area contributed by atoms with Crippen molar-refractivity contribution in [2.24, 2.45) is 5.73 Å². The molecule has 0 aromatic heterocycles. The first-order valence-electron chi connectivity index (χ1n) is 6.43. The lowest BCUT2D eigenvalue weighted by atomic mass is 10.2. The lowest BCUT2D eigenvalue weighted by Crippen LogP contribution is -2.45. The normalized spacial score (nSPS) is 16.3. The van der Waals surface area contributed by atoms with Crippen molar-refractivity contribution in [2.45, 2.75) is 0 Å². The summed E-state index contributed by atoms with van der Waals surface area (Å²) in [6.07, 6.45) is 0. The van der Waals surface area contributed by atoms with E-state index in [1.807, 2.05) is 0 Å². The highest BCUT2D eigenvalue weighted by molar-refractivity contribution is 6.33. The molecule has 1 heterocycles. The summed E-state index contributed by atoms with van der Waals surface area (Å²) in [5.74, 6) is -0.464. The molecule has 0 bridgehead atoms. The summed E-state index contributed by atoms with van der Waals surface area (Å²) in [6.45, 7) is 6.07. The zero-order valence-electron chi connectivity index (χ0n) is 10.8. The van der Waals surface area contributed by atoms with Crippen LogP contribution in [0.2, 0.25) is 5.02 Å². The molecular formula is C13H19ClN4O. The summed E-state index contributed by atoms with van der Waals surface area (Å²) in [7, 11) is 0. The van der Waals surface area contributed by atoms with Crippen molar-refractivity contribution in [1.29, 1.82) is 0 Å². The Balaban J connectivity index is 1.83. The van der Waals surface area contributed by atoms with E-state index in [2.05, 4.69) is 15.5 Å². The monoisotopic (exact) mass is 282 g/mol. The first-order chi connectivity index (χ1) is 9.16. The van der Waals surface area contributed by atoms with E-state index in [0.717, 1.165) is 45.0 Å². The number of nitrogens with two attached hydrogens (primary N) is 1. The van der Waals surface area contributed by atoms with Crippen molar-refractivity contribution in [2.75, 3.05) is 44.6 Å². The average molecular weight is 283 g/mol.